The number of hydrogen-bond donors (Lipinski definition) is 3. The molecule has 0 bridgehead atoms. The largest absolute Gasteiger partial charge is 0.395 e. The van der Waals surface area contributed by atoms with Crippen LogP contribution in [0.15, 0.2) is 59.5 Å². The lowest BCUT2D eigenvalue weighted by Gasteiger charge is -2.18. The first-order valence-electron chi connectivity index (χ1n) is 7.94. The highest BCUT2D eigenvalue weighted by atomic mass is 32.2. The van der Waals surface area contributed by atoms with Crippen molar-refractivity contribution in [2.24, 2.45) is 0 Å². The molecule has 0 saturated heterocycles. The molecule has 0 fully saturated rings. The third-order valence-corrected chi connectivity index (χ3v) is 5.13. The first-order chi connectivity index (χ1) is 11.9. The van der Waals surface area contributed by atoms with E-state index < -0.39 is 22.0 Å². The summed E-state index contributed by atoms with van der Waals surface area (Å²) in [7, 11) is -3.84. The Labute approximate surface area is 147 Å². The zero-order valence-electron chi connectivity index (χ0n) is 14.0. The Morgan fingerprint density at radius 2 is 1.72 bits per heavy atom. The number of carbonyl (C=O) groups excluding carboxylic acids is 1. The van der Waals surface area contributed by atoms with Gasteiger partial charge in [0.05, 0.1) is 11.5 Å². The van der Waals surface area contributed by atoms with Gasteiger partial charge in [-0.05, 0) is 31.0 Å². The van der Waals surface area contributed by atoms with E-state index in [9.17, 15) is 13.2 Å². The highest BCUT2D eigenvalue weighted by Crippen LogP contribution is 2.12. The van der Waals surface area contributed by atoms with Gasteiger partial charge in [0, 0.05) is 6.54 Å². The van der Waals surface area contributed by atoms with Crippen molar-refractivity contribution < 1.29 is 18.3 Å². The summed E-state index contributed by atoms with van der Waals surface area (Å²) in [5.41, 5.74) is 1.78. The lowest BCUT2D eigenvalue weighted by atomic mass is 10.1. The third kappa shape index (κ3) is 5.67. The van der Waals surface area contributed by atoms with Crippen molar-refractivity contribution >= 4 is 15.9 Å². The molecule has 3 N–H and O–H groups in total. The highest BCUT2D eigenvalue weighted by Gasteiger charge is 2.25. The molecule has 2 rings (SSSR count). The number of aryl methyl sites for hydroxylation is 1. The van der Waals surface area contributed by atoms with Gasteiger partial charge in [0.25, 0.3) is 0 Å². The molecule has 0 aliphatic rings. The fourth-order valence-electron chi connectivity index (χ4n) is 2.31. The SMILES string of the molecule is Cc1ccc(S(=O)(=O)NC(Cc2ccccc2)C(=O)NCCO)cc1. The van der Waals surface area contributed by atoms with Gasteiger partial charge in [0.1, 0.15) is 6.04 Å². The zero-order chi connectivity index (χ0) is 18.3. The topological polar surface area (TPSA) is 95.5 Å². The van der Waals surface area contributed by atoms with Crippen LogP contribution in [0.3, 0.4) is 0 Å². The van der Waals surface area contributed by atoms with Crippen LogP contribution in [0, 0.1) is 6.92 Å². The van der Waals surface area contributed by atoms with Gasteiger partial charge in [-0.2, -0.15) is 4.72 Å². The molecule has 6 nitrogen and oxygen atoms in total. The molecule has 0 aliphatic carbocycles. The minimum absolute atomic E-state index is 0.0659. The van der Waals surface area contributed by atoms with Crippen LogP contribution < -0.4 is 10.0 Å². The van der Waals surface area contributed by atoms with Crippen LogP contribution in [0.25, 0.3) is 0 Å². The molecule has 0 saturated carbocycles. The average molecular weight is 362 g/mol. The van der Waals surface area contributed by atoms with Crippen LogP contribution in [-0.4, -0.2) is 38.6 Å². The molecule has 134 valence electrons. The fourth-order valence-corrected chi connectivity index (χ4v) is 3.51. The number of nitrogens with one attached hydrogen (secondary N) is 2. The van der Waals surface area contributed by atoms with E-state index in [1.54, 1.807) is 12.1 Å². The molecule has 2 aromatic rings. The molecular weight excluding hydrogens is 340 g/mol. The third-order valence-electron chi connectivity index (χ3n) is 3.64. The van der Waals surface area contributed by atoms with E-state index in [4.69, 9.17) is 5.11 Å². The molecule has 0 aromatic heterocycles. The minimum Gasteiger partial charge on any atom is -0.395 e. The number of aliphatic hydroxyl groups is 1. The van der Waals surface area contributed by atoms with Crippen molar-refractivity contribution in [1.29, 1.82) is 0 Å². The van der Waals surface area contributed by atoms with Crippen molar-refractivity contribution in [3.8, 4) is 0 Å². The molecule has 0 heterocycles. The van der Waals surface area contributed by atoms with Gasteiger partial charge < -0.3 is 10.4 Å². The summed E-state index contributed by atoms with van der Waals surface area (Å²) in [5.74, 6) is -0.478. The number of benzene rings is 2. The predicted octanol–water partition coefficient (Wildman–Crippen LogP) is 0.993. The first-order valence-corrected chi connectivity index (χ1v) is 9.42. The number of aliphatic hydroxyl groups excluding tert-OH is 1. The Morgan fingerprint density at radius 3 is 2.32 bits per heavy atom. The van der Waals surface area contributed by atoms with Crippen molar-refractivity contribution in [3.63, 3.8) is 0 Å². The van der Waals surface area contributed by atoms with Gasteiger partial charge in [-0.15, -0.1) is 0 Å². The number of sulfonamides is 1. The Kier molecular flexibility index (Phi) is 6.69. The minimum atomic E-state index is -3.84. The van der Waals surface area contributed by atoms with E-state index in [1.807, 2.05) is 37.3 Å². The van der Waals surface area contributed by atoms with Crippen LogP contribution in [0.1, 0.15) is 11.1 Å². The Hall–Kier alpha value is -2.22. The summed E-state index contributed by atoms with van der Waals surface area (Å²) in [4.78, 5) is 12.4. The molecule has 0 aliphatic heterocycles. The second kappa shape index (κ2) is 8.75. The van der Waals surface area contributed by atoms with Gasteiger partial charge in [-0.3, -0.25) is 4.79 Å². The zero-order valence-corrected chi connectivity index (χ0v) is 14.8. The lowest BCUT2D eigenvalue weighted by Crippen LogP contribution is -2.48. The van der Waals surface area contributed by atoms with E-state index in [0.717, 1.165) is 11.1 Å². The normalized spacial score (nSPS) is 12.6. The van der Waals surface area contributed by atoms with Crippen LogP contribution >= 0.6 is 0 Å². The van der Waals surface area contributed by atoms with Crippen molar-refractivity contribution in [2.45, 2.75) is 24.3 Å². The van der Waals surface area contributed by atoms with E-state index in [2.05, 4.69) is 10.0 Å². The lowest BCUT2D eigenvalue weighted by molar-refractivity contribution is -0.122. The molecular formula is C18H22N2O4S. The monoisotopic (exact) mass is 362 g/mol. The molecule has 1 amide bonds. The number of amides is 1. The number of rotatable bonds is 8. The maximum absolute atomic E-state index is 12.6. The second-order valence-corrected chi connectivity index (χ2v) is 7.41. The average Bonchev–Trinajstić information content (AvgIpc) is 2.60. The summed E-state index contributed by atoms with van der Waals surface area (Å²) < 4.78 is 27.6. The summed E-state index contributed by atoms with van der Waals surface area (Å²) in [6.07, 6.45) is 0.212. The van der Waals surface area contributed by atoms with Gasteiger partial charge in [-0.1, -0.05) is 48.0 Å². The van der Waals surface area contributed by atoms with Crippen molar-refractivity contribution in [1.82, 2.24) is 10.0 Å². The van der Waals surface area contributed by atoms with E-state index in [0.29, 0.717) is 0 Å². The van der Waals surface area contributed by atoms with Crippen LogP contribution in [0.2, 0.25) is 0 Å². The smallest absolute Gasteiger partial charge is 0.241 e. The van der Waals surface area contributed by atoms with Gasteiger partial charge >= 0.3 is 0 Å². The summed E-state index contributed by atoms with van der Waals surface area (Å²) in [6.45, 7) is 1.72. The van der Waals surface area contributed by atoms with E-state index in [1.165, 1.54) is 12.1 Å². The van der Waals surface area contributed by atoms with E-state index >= 15 is 0 Å². The maximum atomic E-state index is 12.6. The van der Waals surface area contributed by atoms with Crippen LogP contribution in [-0.2, 0) is 21.2 Å². The Morgan fingerprint density at radius 1 is 1.08 bits per heavy atom. The molecule has 1 atom stereocenters. The highest BCUT2D eigenvalue weighted by molar-refractivity contribution is 7.89. The summed E-state index contributed by atoms with van der Waals surface area (Å²) >= 11 is 0. The number of carbonyl (C=O) groups is 1. The Bertz CT molecular complexity index is 790. The van der Waals surface area contributed by atoms with Crippen LogP contribution in [0.5, 0.6) is 0 Å². The quantitative estimate of drug-likeness (QED) is 0.653. The van der Waals surface area contributed by atoms with Crippen LogP contribution in [0.4, 0.5) is 0 Å². The molecule has 7 heteroatoms. The first kappa shape index (κ1) is 19.1. The molecule has 25 heavy (non-hydrogen) atoms. The van der Waals surface area contributed by atoms with Crippen molar-refractivity contribution in [3.05, 3.63) is 65.7 Å². The fraction of sp³-hybridized carbons (Fsp3) is 0.278. The van der Waals surface area contributed by atoms with Gasteiger partial charge in [-0.25, -0.2) is 8.42 Å². The van der Waals surface area contributed by atoms with Crippen molar-refractivity contribution in [2.75, 3.05) is 13.2 Å². The number of hydrogen-bond acceptors (Lipinski definition) is 4. The van der Waals surface area contributed by atoms with Gasteiger partial charge in [0.2, 0.25) is 15.9 Å². The predicted molar refractivity (Wildman–Crippen MR) is 95.5 cm³/mol. The molecule has 1 unspecified atom stereocenters. The maximum Gasteiger partial charge on any atom is 0.241 e. The van der Waals surface area contributed by atoms with Gasteiger partial charge in [0.15, 0.2) is 0 Å². The Balaban J connectivity index is 2.22. The standard InChI is InChI=1S/C18H22N2O4S/c1-14-7-9-16(10-8-14)25(23,24)20-17(18(22)19-11-12-21)13-15-5-3-2-4-6-15/h2-10,17,20-21H,11-13H2,1H3,(H,19,22). The summed E-state index contributed by atoms with van der Waals surface area (Å²) in [5, 5.41) is 11.4. The second-order valence-electron chi connectivity index (χ2n) is 5.69. The summed E-state index contributed by atoms with van der Waals surface area (Å²) in [6, 6.07) is 14.6. The molecule has 2 aromatic carbocycles. The molecule has 0 radical (unpaired) electrons. The molecule has 0 spiro atoms. The van der Waals surface area contributed by atoms with E-state index in [-0.39, 0.29) is 24.5 Å².